The Kier molecular flexibility index (Phi) is 5.40. The normalized spacial score (nSPS) is 11.4. The summed E-state index contributed by atoms with van der Waals surface area (Å²) in [6.45, 7) is 4.00. The van der Waals surface area contributed by atoms with Crippen LogP contribution in [-0.4, -0.2) is 18.9 Å². The fourth-order valence-electron chi connectivity index (χ4n) is 3.37. The second-order valence-corrected chi connectivity index (χ2v) is 6.55. The first-order valence-electron chi connectivity index (χ1n) is 8.75. The molecule has 0 heterocycles. The Bertz CT molecular complexity index is 791. The molecular weight excluding hydrogens is 322 g/mol. The lowest BCUT2D eigenvalue weighted by molar-refractivity contribution is 0.226. The van der Waals surface area contributed by atoms with E-state index in [1.54, 1.807) is 7.11 Å². The zero-order valence-electron chi connectivity index (χ0n) is 15.5. The highest BCUT2D eigenvalue weighted by molar-refractivity contribution is 5.51. The molecule has 0 radical (unpaired) electrons. The first-order chi connectivity index (χ1) is 12.6. The molecule has 3 rings (SSSR count). The van der Waals surface area contributed by atoms with Gasteiger partial charge in [0.05, 0.1) is 19.4 Å². The van der Waals surface area contributed by atoms with Gasteiger partial charge in [-0.25, -0.2) is 0 Å². The maximum absolute atomic E-state index is 9.86. The van der Waals surface area contributed by atoms with Crippen LogP contribution in [0.4, 0.5) is 0 Å². The summed E-state index contributed by atoms with van der Waals surface area (Å²) in [5.41, 5.74) is 4.94. The van der Waals surface area contributed by atoms with E-state index in [2.05, 4.69) is 67.7 Å². The first kappa shape index (κ1) is 18.2. The molecule has 0 amide bonds. The summed E-state index contributed by atoms with van der Waals surface area (Å²) in [4.78, 5) is 0. The van der Waals surface area contributed by atoms with Gasteiger partial charge in [-0.3, -0.25) is 5.32 Å². The molecule has 0 aliphatic carbocycles. The Hall–Kier alpha value is -2.62. The highest BCUT2D eigenvalue weighted by Crippen LogP contribution is 2.37. The molecule has 2 N–H and O–H groups in total. The highest BCUT2D eigenvalue weighted by atomic mass is 16.5. The SMILES string of the molecule is COc1ccc(C(NCO)(c2ccc(C)cc2)c2ccc(C)cc2)cc1. The van der Waals surface area contributed by atoms with E-state index in [0.717, 1.165) is 22.4 Å². The average Bonchev–Trinajstić information content (AvgIpc) is 2.68. The van der Waals surface area contributed by atoms with Gasteiger partial charge in [0.2, 0.25) is 0 Å². The number of aliphatic hydroxyl groups excluding tert-OH is 1. The van der Waals surface area contributed by atoms with Crippen molar-refractivity contribution in [3.05, 3.63) is 101 Å². The molecule has 0 aliphatic rings. The molecule has 0 saturated carbocycles. The van der Waals surface area contributed by atoms with Crippen molar-refractivity contribution < 1.29 is 9.84 Å². The minimum atomic E-state index is -0.650. The van der Waals surface area contributed by atoms with Crippen molar-refractivity contribution in [2.24, 2.45) is 0 Å². The van der Waals surface area contributed by atoms with Crippen LogP contribution in [0.1, 0.15) is 27.8 Å². The Morgan fingerprint density at radius 2 is 1.12 bits per heavy atom. The fourth-order valence-corrected chi connectivity index (χ4v) is 3.37. The zero-order valence-corrected chi connectivity index (χ0v) is 15.5. The van der Waals surface area contributed by atoms with Gasteiger partial charge in [-0.1, -0.05) is 71.8 Å². The van der Waals surface area contributed by atoms with Gasteiger partial charge in [0, 0.05) is 0 Å². The van der Waals surface area contributed by atoms with Crippen molar-refractivity contribution in [3.63, 3.8) is 0 Å². The van der Waals surface area contributed by atoms with Crippen molar-refractivity contribution >= 4 is 0 Å². The quantitative estimate of drug-likeness (QED) is 0.520. The molecule has 0 aliphatic heterocycles. The fraction of sp³-hybridized carbons (Fsp3) is 0.217. The number of ether oxygens (including phenoxy) is 1. The van der Waals surface area contributed by atoms with Crippen LogP contribution in [0.3, 0.4) is 0 Å². The van der Waals surface area contributed by atoms with Gasteiger partial charge >= 0.3 is 0 Å². The molecule has 3 aromatic rings. The van der Waals surface area contributed by atoms with Crippen molar-refractivity contribution in [1.29, 1.82) is 0 Å². The summed E-state index contributed by atoms with van der Waals surface area (Å²) in [6, 6.07) is 24.8. The summed E-state index contributed by atoms with van der Waals surface area (Å²) in [7, 11) is 1.66. The van der Waals surface area contributed by atoms with Crippen LogP contribution in [-0.2, 0) is 5.54 Å². The second kappa shape index (κ2) is 7.73. The van der Waals surface area contributed by atoms with Crippen LogP contribution in [0.15, 0.2) is 72.8 Å². The minimum Gasteiger partial charge on any atom is -0.497 e. The molecule has 3 heteroatoms. The Balaban J connectivity index is 2.26. The molecule has 0 bridgehead atoms. The third kappa shape index (κ3) is 3.36. The molecule has 26 heavy (non-hydrogen) atoms. The van der Waals surface area contributed by atoms with E-state index < -0.39 is 5.54 Å². The minimum absolute atomic E-state index is 0.145. The van der Waals surface area contributed by atoms with Crippen LogP contribution in [0.5, 0.6) is 5.75 Å². The van der Waals surface area contributed by atoms with Crippen molar-refractivity contribution in [2.75, 3.05) is 13.8 Å². The van der Waals surface area contributed by atoms with E-state index in [1.165, 1.54) is 11.1 Å². The molecule has 0 unspecified atom stereocenters. The number of rotatable bonds is 6. The summed E-state index contributed by atoms with van der Waals surface area (Å²) >= 11 is 0. The van der Waals surface area contributed by atoms with Crippen LogP contribution < -0.4 is 10.1 Å². The van der Waals surface area contributed by atoms with Gasteiger partial charge in [0.25, 0.3) is 0 Å². The topological polar surface area (TPSA) is 41.5 Å². The van der Waals surface area contributed by atoms with Crippen molar-refractivity contribution in [3.8, 4) is 5.75 Å². The van der Waals surface area contributed by atoms with Gasteiger partial charge in [0.1, 0.15) is 5.75 Å². The van der Waals surface area contributed by atoms with Gasteiger partial charge in [-0.2, -0.15) is 0 Å². The van der Waals surface area contributed by atoms with E-state index in [1.807, 2.05) is 24.3 Å². The Morgan fingerprint density at radius 1 is 0.731 bits per heavy atom. The number of aliphatic hydroxyl groups is 1. The maximum atomic E-state index is 9.86. The molecule has 0 fully saturated rings. The number of aryl methyl sites for hydroxylation is 2. The number of methoxy groups -OCH3 is 1. The lowest BCUT2D eigenvalue weighted by atomic mass is 9.76. The first-order valence-corrected chi connectivity index (χ1v) is 8.75. The second-order valence-electron chi connectivity index (χ2n) is 6.55. The van der Waals surface area contributed by atoms with Crippen LogP contribution in [0.2, 0.25) is 0 Å². The molecule has 0 spiro atoms. The van der Waals surface area contributed by atoms with Gasteiger partial charge in [-0.15, -0.1) is 0 Å². The molecule has 0 aromatic heterocycles. The van der Waals surface area contributed by atoms with Crippen molar-refractivity contribution in [2.45, 2.75) is 19.4 Å². The average molecular weight is 347 g/mol. The summed E-state index contributed by atoms with van der Waals surface area (Å²) in [5.74, 6) is 0.805. The smallest absolute Gasteiger partial charge is 0.118 e. The largest absolute Gasteiger partial charge is 0.497 e. The monoisotopic (exact) mass is 347 g/mol. The predicted molar refractivity (Wildman–Crippen MR) is 105 cm³/mol. The molecule has 3 nitrogen and oxygen atoms in total. The lowest BCUT2D eigenvalue weighted by Gasteiger charge is -2.36. The van der Waals surface area contributed by atoms with E-state index in [-0.39, 0.29) is 6.73 Å². The zero-order chi connectivity index (χ0) is 18.6. The number of hydrogen-bond acceptors (Lipinski definition) is 3. The standard InChI is InChI=1S/C23H25NO2/c1-17-4-8-19(9-5-17)23(24-16-25,20-10-6-18(2)7-11-20)21-12-14-22(26-3)15-13-21/h4-15,24-25H,16H2,1-3H3. The number of benzene rings is 3. The van der Waals surface area contributed by atoms with E-state index in [9.17, 15) is 5.11 Å². The summed E-state index contributed by atoms with van der Waals surface area (Å²) in [6.07, 6.45) is 0. The Labute approximate surface area is 155 Å². The third-order valence-corrected chi connectivity index (χ3v) is 4.84. The van der Waals surface area contributed by atoms with E-state index >= 15 is 0 Å². The van der Waals surface area contributed by atoms with Crippen molar-refractivity contribution in [1.82, 2.24) is 5.32 Å². The van der Waals surface area contributed by atoms with Crippen LogP contribution >= 0.6 is 0 Å². The molecular formula is C23H25NO2. The van der Waals surface area contributed by atoms with Crippen LogP contribution in [0.25, 0.3) is 0 Å². The van der Waals surface area contributed by atoms with E-state index in [4.69, 9.17) is 4.74 Å². The Morgan fingerprint density at radius 3 is 1.46 bits per heavy atom. The van der Waals surface area contributed by atoms with Gasteiger partial charge in [-0.05, 0) is 42.7 Å². The molecule has 3 aromatic carbocycles. The maximum Gasteiger partial charge on any atom is 0.118 e. The molecule has 0 saturated heterocycles. The van der Waals surface area contributed by atoms with Crippen LogP contribution in [0, 0.1) is 13.8 Å². The predicted octanol–water partition coefficient (Wildman–Crippen LogP) is 4.14. The van der Waals surface area contributed by atoms with E-state index in [0.29, 0.717) is 0 Å². The lowest BCUT2D eigenvalue weighted by Crippen LogP contribution is -2.45. The molecule has 134 valence electrons. The highest BCUT2D eigenvalue weighted by Gasteiger charge is 2.35. The van der Waals surface area contributed by atoms with Gasteiger partial charge in [0.15, 0.2) is 0 Å². The summed E-state index contributed by atoms with van der Waals surface area (Å²) in [5, 5.41) is 13.2. The third-order valence-electron chi connectivity index (χ3n) is 4.84. The molecule has 0 atom stereocenters. The van der Waals surface area contributed by atoms with Gasteiger partial charge < -0.3 is 9.84 Å². The number of hydrogen-bond donors (Lipinski definition) is 2. The number of nitrogens with one attached hydrogen (secondary N) is 1. The summed E-state index contributed by atoms with van der Waals surface area (Å²) < 4.78 is 5.31.